The van der Waals surface area contributed by atoms with E-state index in [1.165, 1.54) is 7.11 Å². The number of carbonyl (C=O) groups excluding carboxylic acids is 1. The fourth-order valence-corrected chi connectivity index (χ4v) is 1.42. The van der Waals surface area contributed by atoms with E-state index in [1.54, 1.807) is 6.92 Å². The number of ether oxygens (including phenoxy) is 1. The highest BCUT2D eigenvalue weighted by molar-refractivity contribution is 5.95. The molecule has 2 rings (SSSR count). The van der Waals surface area contributed by atoms with Gasteiger partial charge in [-0.25, -0.2) is 9.78 Å². The summed E-state index contributed by atoms with van der Waals surface area (Å²) in [5.74, 6) is 0.126. The Balaban J connectivity index is 2.30. The fraction of sp³-hybridized carbons (Fsp3) is 0.500. The summed E-state index contributed by atoms with van der Waals surface area (Å²) in [5, 5.41) is 3.13. The third kappa shape index (κ3) is 2.05. The average molecular weight is 222 g/mol. The molecule has 86 valence electrons. The predicted molar refractivity (Wildman–Crippen MR) is 59.2 cm³/mol. The molecule has 0 aliphatic heterocycles. The number of nitrogen functional groups attached to an aromatic ring is 1. The molecule has 1 fully saturated rings. The summed E-state index contributed by atoms with van der Waals surface area (Å²) in [4.78, 5) is 19.6. The van der Waals surface area contributed by atoms with Crippen molar-refractivity contribution < 1.29 is 9.53 Å². The monoisotopic (exact) mass is 222 g/mol. The highest BCUT2D eigenvalue weighted by Crippen LogP contribution is 2.24. The molecule has 1 aliphatic rings. The SMILES string of the molecule is COC(=O)c1c(C)nc(NC2CC2)nc1N. The predicted octanol–water partition coefficient (Wildman–Crippen LogP) is 0.728. The van der Waals surface area contributed by atoms with Gasteiger partial charge in [-0.3, -0.25) is 0 Å². The van der Waals surface area contributed by atoms with E-state index in [2.05, 4.69) is 20.0 Å². The Labute approximate surface area is 93.2 Å². The molecule has 0 aromatic carbocycles. The van der Waals surface area contributed by atoms with E-state index in [0.717, 1.165) is 12.8 Å². The number of rotatable bonds is 3. The average Bonchev–Trinajstić information content (AvgIpc) is 3.00. The van der Waals surface area contributed by atoms with Gasteiger partial charge >= 0.3 is 5.97 Å². The number of anilines is 2. The Morgan fingerprint density at radius 2 is 2.19 bits per heavy atom. The zero-order chi connectivity index (χ0) is 11.7. The van der Waals surface area contributed by atoms with E-state index in [1.807, 2.05) is 0 Å². The number of esters is 1. The second kappa shape index (κ2) is 3.96. The number of carbonyl (C=O) groups is 1. The Kier molecular flexibility index (Phi) is 2.64. The first-order valence-electron chi connectivity index (χ1n) is 5.10. The van der Waals surface area contributed by atoms with Gasteiger partial charge in [-0.05, 0) is 19.8 Å². The summed E-state index contributed by atoms with van der Waals surface area (Å²) in [6.07, 6.45) is 2.25. The van der Waals surface area contributed by atoms with E-state index in [-0.39, 0.29) is 11.4 Å². The standard InChI is InChI=1S/C10H14N4O2/c1-5-7(9(15)16-2)8(11)14-10(12-5)13-6-3-4-6/h6H,3-4H2,1-2H3,(H3,11,12,13,14). The molecule has 1 aromatic rings. The molecule has 0 atom stereocenters. The third-order valence-corrected chi connectivity index (χ3v) is 2.42. The van der Waals surface area contributed by atoms with Gasteiger partial charge in [0.15, 0.2) is 0 Å². The van der Waals surface area contributed by atoms with Crippen LogP contribution in [0.1, 0.15) is 28.9 Å². The van der Waals surface area contributed by atoms with Crippen LogP contribution in [0.4, 0.5) is 11.8 Å². The molecule has 6 nitrogen and oxygen atoms in total. The molecule has 0 bridgehead atoms. The second-order valence-electron chi connectivity index (χ2n) is 3.80. The lowest BCUT2D eigenvalue weighted by molar-refractivity contribution is 0.0600. The first-order valence-corrected chi connectivity index (χ1v) is 5.10. The molecule has 1 aliphatic carbocycles. The molecule has 1 saturated carbocycles. The van der Waals surface area contributed by atoms with Gasteiger partial charge in [0.05, 0.1) is 12.8 Å². The largest absolute Gasteiger partial charge is 0.465 e. The summed E-state index contributed by atoms with van der Waals surface area (Å²) in [5.41, 5.74) is 6.47. The Morgan fingerprint density at radius 1 is 1.50 bits per heavy atom. The lowest BCUT2D eigenvalue weighted by atomic mass is 10.2. The highest BCUT2D eigenvalue weighted by atomic mass is 16.5. The van der Waals surface area contributed by atoms with E-state index < -0.39 is 5.97 Å². The maximum Gasteiger partial charge on any atom is 0.343 e. The molecule has 1 heterocycles. The number of methoxy groups -OCH3 is 1. The van der Waals surface area contributed by atoms with E-state index in [0.29, 0.717) is 17.7 Å². The molecular formula is C10H14N4O2. The minimum absolute atomic E-state index is 0.155. The third-order valence-electron chi connectivity index (χ3n) is 2.42. The zero-order valence-electron chi connectivity index (χ0n) is 9.28. The Morgan fingerprint density at radius 3 is 2.69 bits per heavy atom. The van der Waals surface area contributed by atoms with Crippen molar-refractivity contribution in [1.29, 1.82) is 0 Å². The maximum atomic E-state index is 11.4. The lowest BCUT2D eigenvalue weighted by Crippen LogP contribution is -2.14. The molecule has 0 radical (unpaired) electrons. The van der Waals surface area contributed by atoms with Crippen molar-refractivity contribution in [2.75, 3.05) is 18.2 Å². The van der Waals surface area contributed by atoms with Gasteiger partial charge in [-0.2, -0.15) is 4.98 Å². The molecule has 0 amide bonds. The van der Waals surface area contributed by atoms with E-state index in [4.69, 9.17) is 5.73 Å². The van der Waals surface area contributed by atoms with Crippen LogP contribution in [0.2, 0.25) is 0 Å². The minimum atomic E-state index is -0.507. The maximum absolute atomic E-state index is 11.4. The molecule has 6 heteroatoms. The van der Waals surface area contributed by atoms with Crippen LogP contribution in [-0.4, -0.2) is 29.1 Å². The van der Waals surface area contributed by atoms with Crippen LogP contribution in [0.3, 0.4) is 0 Å². The molecule has 1 aromatic heterocycles. The van der Waals surface area contributed by atoms with E-state index in [9.17, 15) is 4.79 Å². The number of hydrogen-bond acceptors (Lipinski definition) is 6. The van der Waals surface area contributed by atoms with Crippen LogP contribution in [0.15, 0.2) is 0 Å². The molecule has 3 N–H and O–H groups in total. The van der Waals surface area contributed by atoms with Gasteiger partial charge in [0.25, 0.3) is 0 Å². The lowest BCUT2D eigenvalue weighted by Gasteiger charge is -2.09. The summed E-state index contributed by atoms with van der Waals surface area (Å²) >= 11 is 0. The van der Waals surface area contributed by atoms with Gasteiger partial charge in [0, 0.05) is 6.04 Å². The number of hydrogen-bond donors (Lipinski definition) is 2. The van der Waals surface area contributed by atoms with Crippen molar-refractivity contribution in [2.24, 2.45) is 0 Å². The first-order chi connectivity index (χ1) is 7.61. The summed E-state index contributed by atoms with van der Waals surface area (Å²) < 4.78 is 4.61. The second-order valence-corrected chi connectivity index (χ2v) is 3.80. The number of nitrogens with one attached hydrogen (secondary N) is 1. The van der Waals surface area contributed by atoms with E-state index >= 15 is 0 Å². The normalized spacial score (nSPS) is 14.6. The van der Waals surface area contributed by atoms with Crippen LogP contribution < -0.4 is 11.1 Å². The summed E-state index contributed by atoms with van der Waals surface area (Å²) in [6, 6.07) is 0.447. The molecular weight excluding hydrogens is 208 g/mol. The summed E-state index contributed by atoms with van der Waals surface area (Å²) in [6.45, 7) is 1.71. The number of nitrogens with two attached hydrogens (primary N) is 1. The number of aromatic nitrogens is 2. The highest BCUT2D eigenvalue weighted by Gasteiger charge is 2.23. The van der Waals surface area contributed by atoms with Crippen molar-refractivity contribution in [3.63, 3.8) is 0 Å². The number of nitrogens with zero attached hydrogens (tertiary/aromatic N) is 2. The van der Waals surface area contributed by atoms with Gasteiger partial charge < -0.3 is 15.8 Å². The van der Waals surface area contributed by atoms with Crippen LogP contribution in [0, 0.1) is 6.92 Å². The van der Waals surface area contributed by atoms with Gasteiger partial charge in [0.2, 0.25) is 5.95 Å². The van der Waals surface area contributed by atoms with Crippen molar-refractivity contribution in [2.45, 2.75) is 25.8 Å². The van der Waals surface area contributed by atoms with Crippen molar-refractivity contribution in [3.05, 3.63) is 11.3 Å². The fourth-order valence-electron chi connectivity index (χ4n) is 1.42. The smallest absolute Gasteiger partial charge is 0.343 e. The molecule has 16 heavy (non-hydrogen) atoms. The van der Waals surface area contributed by atoms with Gasteiger partial charge in [-0.15, -0.1) is 0 Å². The molecule has 0 unspecified atom stereocenters. The topological polar surface area (TPSA) is 90.1 Å². The number of aryl methyl sites for hydroxylation is 1. The van der Waals surface area contributed by atoms with Crippen LogP contribution >= 0.6 is 0 Å². The molecule has 0 saturated heterocycles. The van der Waals surface area contributed by atoms with Gasteiger partial charge in [-0.1, -0.05) is 0 Å². The minimum Gasteiger partial charge on any atom is -0.465 e. The van der Waals surface area contributed by atoms with Crippen LogP contribution in [-0.2, 0) is 4.74 Å². The van der Waals surface area contributed by atoms with Crippen LogP contribution in [0.5, 0.6) is 0 Å². The van der Waals surface area contributed by atoms with Crippen molar-refractivity contribution >= 4 is 17.7 Å². The Hall–Kier alpha value is -1.85. The van der Waals surface area contributed by atoms with Crippen LogP contribution in [0.25, 0.3) is 0 Å². The van der Waals surface area contributed by atoms with Gasteiger partial charge in [0.1, 0.15) is 11.4 Å². The Bertz CT molecular complexity index is 406. The first kappa shape index (κ1) is 10.7. The molecule has 0 spiro atoms. The van der Waals surface area contributed by atoms with Crippen molar-refractivity contribution in [3.8, 4) is 0 Å². The summed E-state index contributed by atoms with van der Waals surface area (Å²) in [7, 11) is 1.30. The van der Waals surface area contributed by atoms with Crippen molar-refractivity contribution in [1.82, 2.24) is 9.97 Å². The zero-order valence-corrected chi connectivity index (χ0v) is 9.28. The quantitative estimate of drug-likeness (QED) is 0.733.